The molecule has 4 atom stereocenters. The van der Waals surface area contributed by atoms with Crippen molar-refractivity contribution in [2.24, 2.45) is 23.7 Å². The molecule has 1 aromatic carbocycles. The second-order valence-corrected chi connectivity index (χ2v) is 13.4. The standard InChI is InChI=1S/C32H60N6/c1-23(2)29-19-37(20-30(24(3)4)34-13-12-33-29)17-27-10-9-11-28(16-27)18-38-21-31(25(5)6)35-14-15-36-32(22-38)26(7)8/h9-11,16,23-26,29-36H,12-15,17-22H2,1-8H3/t29-,30-,31-,32-/m1/s1. The van der Waals surface area contributed by atoms with Crippen LogP contribution in [0.15, 0.2) is 24.3 Å². The molecule has 2 aliphatic heterocycles. The van der Waals surface area contributed by atoms with Crippen LogP contribution in [0.2, 0.25) is 0 Å². The van der Waals surface area contributed by atoms with Crippen molar-refractivity contribution in [3.8, 4) is 0 Å². The smallest absolute Gasteiger partial charge is 0.0235 e. The summed E-state index contributed by atoms with van der Waals surface area (Å²) in [6.45, 7) is 29.4. The van der Waals surface area contributed by atoms with Crippen molar-refractivity contribution in [3.05, 3.63) is 35.4 Å². The van der Waals surface area contributed by atoms with Crippen molar-refractivity contribution in [1.82, 2.24) is 31.1 Å². The van der Waals surface area contributed by atoms with E-state index >= 15 is 0 Å². The zero-order valence-electron chi connectivity index (χ0n) is 25.9. The maximum atomic E-state index is 3.82. The zero-order chi connectivity index (χ0) is 27.7. The van der Waals surface area contributed by atoms with Gasteiger partial charge in [-0.2, -0.15) is 0 Å². The third kappa shape index (κ3) is 10.2. The lowest BCUT2D eigenvalue weighted by Gasteiger charge is -2.33. The highest BCUT2D eigenvalue weighted by Gasteiger charge is 2.26. The fourth-order valence-corrected chi connectivity index (χ4v) is 5.94. The van der Waals surface area contributed by atoms with Crippen LogP contribution in [0.25, 0.3) is 0 Å². The van der Waals surface area contributed by atoms with Gasteiger partial charge in [0, 0.05) is 89.6 Å². The molecular weight excluding hydrogens is 468 g/mol. The number of nitrogens with one attached hydrogen (secondary N) is 4. The van der Waals surface area contributed by atoms with E-state index in [1.807, 2.05) is 0 Å². The van der Waals surface area contributed by atoms with Crippen molar-refractivity contribution in [2.45, 2.75) is 92.6 Å². The molecule has 2 heterocycles. The van der Waals surface area contributed by atoms with Gasteiger partial charge in [-0.25, -0.2) is 0 Å². The Balaban J connectivity index is 1.76. The third-order valence-corrected chi connectivity index (χ3v) is 8.72. The van der Waals surface area contributed by atoms with E-state index in [0.717, 1.165) is 65.4 Å². The van der Waals surface area contributed by atoms with Gasteiger partial charge in [0.25, 0.3) is 0 Å². The van der Waals surface area contributed by atoms with Gasteiger partial charge in [-0.15, -0.1) is 0 Å². The van der Waals surface area contributed by atoms with Gasteiger partial charge in [-0.3, -0.25) is 9.80 Å². The first-order valence-electron chi connectivity index (χ1n) is 15.6. The Kier molecular flexibility index (Phi) is 13.0. The number of benzene rings is 1. The van der Waals surface area contributed by atoms with Crippen LogP contribution in [-0.2, 0) is 13.1 Å². The largest absolute Gasteiger partial charge is 0.311 e. The van der Waals surface area contributed by atoms with Crippen LogP contribution >= 0.6 is 0 Å². The second kappa shape index (κ2) is 15.7. The Hall–Kier alpha value is -1.02. The van der Waals surface area contributed by atoms with Crippen molar-refractivity contribution in [2.75, 3.05) is 52.4 Å². The topological polar surface area (TPSA) is 54.6 Å². The molecule has 0 spiro atoms. The molecule has 2 fully saturated rings. The summed E-state index contributed by atoms with van der Waals surface area (Å²) >= 11 is 0. The monoisotopic (exact) mass is 528 g/mol. The Morgan fingerprint density at radius 2 is 0.842 bits per heavy atom. The summed E-state index contributed by atoms with van der Waals surface area (Å²) in [6, 6.07) is 11.5. The highest BCUT2D eigenvalue weighted by molar-refractivity contribution is 5.23. The Morgan fingerprint density at radius 3 is 1.11 bits per heavy atom. The highest BCUT2D eigenvalue weighted by Crippen LogP contribution is 2.18. The van der Waals surface area contributed by atoms with Crippen LogP contribution < -0.4 is 21.3 Å². The summed E-state index contributed by atoms with van der Waals surface area (Å²) < 4.78 is 0. The molecule has 3 rings (SSSR count). The summed E-state index contributed by atoms with van der Waals surface area (Å²) in [4.78, 5) is 5.38. The number of hydrogen-bond donors (Lipinski definition) is 4. The Bertz CT molecular complexity index is 693. The van der Waals surface area contributed by atoms with E-state index in [1.54, 1.807) is 0 Å². The minimum Gasteiger partial charge on any atom is -0.311 e. The molecule has 4 N–H and O–H groups in total. The molecule has 38 heavy (non-hydrogen) atoms. The van der Waals surface area contributed by atoms with E-state index in [-0.39, 0.29) is 0 Å². The molecule has 6 heteroatoms. The Labute approximate surface area is 235 Å². The lowest BCUT2D eigenvalue weighted by Crippen LogP contribution is -2.46. The molecule has 0 aliphatic carbocycles. The van der Waals surface area contributed by atoms with E-state index in [2.05, 4.69) is 111 Å². The second-order valence-electron chi connectivity index (χ2n) is 13.4. The van der Waals surface area contributed by atoms with Gasteiger partial charge in [-0.05, 0) is 34.8 Å². The van der Waals surface area contributed by atoms with Crippen LogP contribution in [0.4, 0.5) is 0 Å². The average Bonchev–Trinajstić information content (AvgIpc) is 3.02. The zero-order valence-corrected chi connectivity index (χ0v) is 25.9. The van der Waals surface area contributed by atoms with Crippen molar-refractivity contribution in [1.29, 1.82) is 0 Å². The van der Waals surface area contributed by atoms with Crippen molar-refractivity contribution in [3.63, 3.8) is 0 Å². The lowest BCUT2D eigenvalue weighted by molar-refractivity contribution is 0.186. The number of rotatable bonds is 8. The van der Waals surface area contributed by atoms with E-state index in [4.69, 9.17) is 0 Å². The van der Waals surface area contributed by atoms with Gasteiger partial charge in [0.1, 0.15) is 0 Å². The first-order chi connectivity index (χ1) is 18.1. The van der Waals surface area contributed by atoms with Crippen LogP contribution in [0.3, 0.4) is 0 Å². The lowest BCUT2D eigenvalue weighted by atomic mass is 10.00. The third-order valence-electron chi connectivity index (χ3n) is 8.72. The molecule has 0 radical (unpaired) electrons. The minimum absolute atomic E-state index is 0.525. The SMILES string of the molecule is CC(C)[C@H]1CN(Cc2cccc(CN3C[C@H](C(C)C)NCCN[C@@H](C(C)C)C3)c2)C[C@H](C(C)C)NCCN1. The molecular formula is C32H60N6. The summed E-state index contributed by atoms with van der Waals surface area (Å²) in [5, 5.41) is 15.3. The van der Waals surface area contributed by atoms with E-state index < -0.39 is 0 Å². The molecule has 2 saturated heterocycles. The molecule has 218 valence electrons. The first kappa shape index (κ1) is 31.5. The van der Waals surface area contributed by atoms with Crippen LogP contribution in [-0.4, -0.2) is 86.3 Å². The molecule has 6 nitrogen and oxygen atoms in total. The highest BCUT2D eigenvalue weighted by atomic mass is 15.2. The predicted molar refractivity (Wildman–Crippen MR) is 164 cm³/mol. The van der Waals surface area contributed by atoms with E-state index in [0.29, 0.717) is 47.8 Å². The van der Waals surface area contributed by atoms with Gasteiger partial charge in [0.15, 0.2) is 0 Å². The van der Waals surface area contributed by atoms with Gasteiger partial charge >= 0.3 is 0 Å². The van der Waals surface area contributed by atoms with Crippen LogP contribution in [0.1, 0.15) is 66.5 Å². The maximum Gasteiger partial charge on any atom is 0.0235 e. The average molecular weight is 529 g/mol. The molecule has 0 unspecified atom stereocenters. The summed E-state index contributed by atoms with van der Waals surface area (Å²) in [5.41, 5.74) is 2.88. The van der Waals surface area contributed by atoms with Gasteiger partial charge in [0.05, 0.1) is 0 Å². The number of hydrogen-bond acceptors (Lipinski definition) is 6. The maximum absolute atomic E-state index is 3.82. The van der Waals surface area contributed by atoms with Gasteiger partial charge in [0.2, 0.25) is 0 Å². The van der Waals surface area contributed by atoms with Crippen LogP contribution in [0, 0.1) is 23.7 Å². The normalized spacial score (nSPS) is 27.7. The van der Waals surface area contributed by atoms with E-state index in [9.17, 15) is 0 Å². The molecule has 0 saturated carbocycles. The van der Waals surface area contributed by atoms with Gasteiger partial charge < -0.3 is 21.3 Å². The van der Waals surface area contributed by atoms with Crippen molar-refractivity contribution >= 4 is 0 Å². The summed E-state index contributed by atoms with van der Waals surface area (Å²) in [6.07, 6.45) is 0. The number of nitrogens with zero attached hydrogens (tertiary/aromatic N) is 2. The predicted octanol–water partition coefficient (Wildman–Crippen LogP) is 3.77. The van der Waals surface area contributed by atoms with Crippen molar-refractivity contribution < 1.29 is 0 Å². The van der Waals surface area contributed by atoms with Gasteiger partial charge in [-0.1, -0.05) is 79.7 Å². The molecule has 0 amide bonds. The molecule has 0 aromatic heterocycles. The molecule has 1 aromatic rings. The summed E-state index contributed by atoms with van der Waals surface area (Å²) in [5.74, 6) is 2.50. The molecule has 2 aliphatic rings. The Morgan fingerprint density at radius 1 is 0.553 bits per heavy atom. The quantitative estimate of drug-likeness (QED) is 0.412. The van der Waals surface area contributed by atoms with E-state index in [1.165, 1.54) is 11.1 Å². The fraction of sp³-hybridized carbons (Fsp3) is 0.812. The fourth-order valence-electron chi connectivity index (χ4n) is 5.94. The van der Waals surface area contributed by atoms with Crippen LogP contribution in [0.5, 0.6) is 0 Å². The minimum atomic E-state index is 0.525. The summed E-state index contributed by atoms with van der Waals surface area (Å²) in [7, 11) is 0. The first-order valence-corrected chi connectivity index (χ1v) is 15.6. The molecule has 0 bridgehead atoms.